The molecule has 27 heavy (non-hydrogen) atoms. The largest absolute Gasteiger partial charge is 0.493 e. The molecular weight excluding hydrogens is 340 g/mol. The van der Waals surface area contributed by atoms with Crippen molar-refractivity contribution in [1.29, 1.82) is 0 Å². The van der Waals surface area contributed by atoms with E-state index in [2.05, 4.69) is 17.6 Å². The smallest absolute Gasteiger partial charge is 0.255 e. The molecule has 0 fully saturated rings. The summed E-state index contributed by atoms with van der Waals surface area (Å²) in [6.45, 7) is 6.88. The van der Waals surface area contributed by atoms with Crippen LogP contribution in [0.2, 0.25) is 0 Å². The number of hydrogen-bond acceptors (Lipinski definition) is 3. The van der Waals surface area contributed by atoms with Crippen molar-refractivity contribution >= 4 is 17.5 Å². The molecule has 0 saturated carbocycles. The van der Waals surface area contributed by atoms with Gasteiger partial charge in [-0.25, -0.2) is 0 Å². The second kappa shape index (κ2) is 10.4. The molecule has 0 unspecified atom stereocenters. The maximum atomic E-state index is 12.3. The maximum absolute atomic E-state index is 12.3. The van der Waals surface area contributed by atoms with Crippen LogP contribution < -0.4 is 15.4 Å². The van der Waals surface area contributed by atoms with Gasteiger partial charge in [0.25, 0.3) is 5.91 Å². The normalized spacial score (nSPS) is 10.3. The van der Waals surface area contributed by atoms with Crippen LogP contribution in [0.4, 0.5) is 5.69 Å². The highest BCUT2D eigenvalue weighted by atomic mass is 16.5. The summed E-state index contributed by atoms with van der Waals surface area (Å²) in [7, 11) is 0. The summed E-state index contributed by atoms with van der Waals surface area (Å²) < 4.78 is 5.48. The standard InChI is InChI=1S/C22H28N2O3/c1-4-17-11-8-10-16(3)21(17)24-20(25)14-9-15-23-22(26)18-12-6-7-13-19(18)27-5-2/h6-8,10-13H,4-5,9,14-15H2,1-3H3,(H,23,26)(H,24,25). The minimum absolute atomic E-state index is 0.0389. The number of aryl methyl sites for hydroxylation is 2. The van der Waals surface area contributed by atoms with Gasteiger partial charge in [-0.3, -0.25) is 9.59 Å². The number of carbonyl (C=O) groups is 2. The van der Waals surface area contributed by atoms with Crippen molar-refractivity contribution in [3.05, 3.63) is 59.2 Å². The second-order valence-electron chi connectivity index (χ2n) is 6.30. The molecule has 2 N–H and O–H groups in total. The number of benzene rings is 2. The van der Waals surface area contributed by atoms with Crippen LogP contribution in [0.5, 0.6) is 5.75 Å². The number of amides is 2. The third-order valence-electron chi connectivity index (χ3n) is 4.30. The van der Waals surface area contributed by atoms with Crippen LogP contribution in [0.1, 0.15) is 48.2 Å². The van der Waals surface area contributed by atoms with Crippen LogP contribution in [-0.2, 0) is 11.2 Å². The highest BCUT2D eigenvalue weighted by molar-refractivity contribution is 5.97. The van der Waals surface area contributed by atoms with Gasteiger partial charge < -0.3 is 15.4 Å². The van der Waals surface area contributed by atoms with Crippen LogP contribution in [0.3, 0.4) is 0 Å². The molecule has 0 atom stereocenters. The van der Waals surface area contributed by atoms with Gasteiger partial charge in [0.1, 0.15) is 5.75 Å². The predicted octanol–water partition coefficient (Wildman–Crippen LogP) is 4.10. The molecule has 0 radical (unpaired) electrons. The Labute approximate surface area is 161 Å². The Bertz CT molecular complexity index is 787. The molecule has 0 spiro atoms. The molecule has 0 bridgehead atoms. The molecule has 144 valence electrons. The van der Waals surface area contributed by atoms with E-state index in [0.29, 0.717) is 37.3 Å². The van der Waals surface area contributed by atoms with Gasteiger partial charge in [0, 0.05) is 18.7 Å². The molecular formula is C22H28N2O3. The first-order chi connectivity index (χ1) is 13.1. The number of rotatable bonds is 9. The monoisotopic (exact) mass is 368 g/mol. The first-order valence-corrected chi connectivity index (χ1v) is 9.45. The van der Waals surface area contributed by atoms with E-state index in [4.69, 9.17) is 4.74 Å². The summed E-state index contributed by atoms with van der Waals surface area (Å²) in [6, 6.07) is 13.2. The second-order valence-corrected chi connectivity index (χ2v) is 6.30. The Morgan fingerprint density at radius 2 is 1.81 bits per heavy atom. The van der Waals surface area contributed by atoms with Gasteiger partial charge in [0.2, 0.25) is 5.91 Å². The summed E-state index contributed by atoms with van der Waals surface area (Å²) in [5, 5.41) is 5.86. The van der Waals surface area contributed by atoms with Crippen molar-refractivity contribution in [2.75, 3.05) is 18.5 Å². The molecule has 2 aromatic carbocycles. The van der Waals surface area contributed by atoms with Gasteiger partial charge >= 0.3 is 0 Å². The molecule has 0 heterocycles. The van der Waals surface area contributed by atoms with E-state index in [1.165, 1.54) is 0 Å². The quantitative estimate of drug-likeness (QED) is 0.655. The average molecular weight is 368 g/mol. The van der Waals surface area contributed by atoms with Crippen molar-refractivity contribution in [1.82, 2.24) is 5.32 Å². The fourth-order valence-electron chi connectivity index (χ4n) is 2.89. The Kier molecular flexibility index (Phi) is 7.86. The fourth-order valence-corrected chi connectivity index (χ4v) is 2.89. The summed E-state index contributed by atoms with van der Waals surface area (Å²) in [6.07, 6.45) is 1.79. The topological polar surface area (TPSA) is 67.4 Å². The number of para-hydroxylation sites is 2. The highest BCUT2D eigenvalue weighted by Crippen LogP contribution is 2.21. The van der Waals surface area contributed by atoms with Gasteiger partial charge in [-0.05, 0) is 49.9 Å². The predicted molar refractivity (Wildman–Crippen MR) is 108 cm³/mol. The van der Waals surface area contributed by atoms with Crippen LogP contribution >= 0.6 is 0 Å². The SMILES string of the molecule is CCOc1ccccc1C(=O)NCCCC(=O)Nc1c(C)cccc1CC. The van der Waals surface area contributed by atoms with E-state index in [1.807, 2.05) is 38.1 Å². The molecule has 5 heteroatoms. The zero-order valence-electron chi connectivity index (χ0n) is 16.3. The number of ether oxygens (including phenoxy) is 1. The van der Waals surface area contributed by atoms with Crippen LogP contribution in [0, 0.1) is 6.92 Å². The van der Waals surface area contributed by atoms with Crippen molar-refractivity contribution < 1.29 is 14.3 Å². The fraction of sp³-hybridized carbons (Fsp3) is 0.364. The van der Waals surface area contributed by atoms with E-state index >= 15 is 0 Å². The summed E-state index contributed by atoms with van der Waals surface area (Å²) in [4.78, 5) is 24.6. The Balaban J connectivity index is 1.82. The highest BCUT2D eigenvalue weighted by Gasteiger charge is 2.12. The Morgan fingerprint density at radius 1 is 1.04 bits per heavy atom. The third-order valence-corrected chi connectivity index (χ3v) is 4.30. The van der Waals surface area contributed by atoms with Gasteiger partial charge in [-0.2, -0.15) is 0 Å². The lowest BCUT2D eigenvalue weighted by Gasteiger charge is -2.13. The molecule has 0 aliphatic heterocycles. The first kappa shape index (κ1) is 20.5. The lowest BCUT2D eigenvalue weighted by Crippen LogP contribution is -2.26. The van der Waals surface area contributed by atoms with Crippen LogP contribution in [0.15, 0.2) is 42.5 Å². The maximum Gasteiger partial charge on any atom is 0.255 e. The number of nitrogens with one attached hydrogen (secondary N) is 2. The van der Waals surface area contributed by atoms with E-state index in [9.17, 15) is 9.59 Å². The van der Waals surface area contributed by atoms with Gasteiger partial charge in [-0.1, -0.05) is 37.3 Å². The van der Waals surface area contributed by atoms with Gasteiger partial charge in [-0.15, -0.1) is 0 Å². The molecule has 2 rings (SSSR count). The van der Waals surface area contributed by atoms with E-state index in [1.54, 1.807) is 18.2 Å². The zero-order chi connectivity index (χ0) is 19.6. The summed E-state index contributed by atoms with van der Waals surface area (Å²) >= 11 is 0. The summed E-state index contributed by atoms with van der Waals surface area (Å²) in [5.74, 6) is 0.344. The van der Waals surface area contributed by atoms with Crippen molar-refractivity contribution in [3.8, 4) is 5.75 Å². The molecule has 0 aliphatic rings. The zero-order valence-corrected chi connectivity index (χ0v) is 16.3. The van der Waals surface area contributed by atoms with Gasteiger partial charge in [0.05, 0.1) is 12.2 Å². The van der Waals surface area contributed by atoms with Crippen molar-refractivity contribution in [3.63, 3.8) is 0 Å². The lowest BCUT2D eigenvalue weighted by molar-refractivity contribution is -0.116. The molecule has 2 aromatic rings. The van der Waals surface area contributed by atoms with Crippen molar-refractivity contribution in [2.24, 2.45) is 0 Å². The van der Waals surface area contributed by atoms with Gasteiger partial charge in [0.15, 0.2) is 0 Å². The lowest BCUT2D eigenvalue weighted by atomic mass is 10.1. The van der Waals surface area contributed by atoms with Crippen LogP contribution in [-0.4, -0.2) is 25.0 Å². The number of anilines is 1. The molecule has 0 saturated heterocycles. The molecule has 2 amide bonds. The van der Waals surface area contributed by atoms with E-state index in [-0.39, 0.29) is 11.8 Å². The molecule has 0 aromatic heterocycles. The average Bonchev–Trinajstić information content (AvgIpc) is 2.67. The minimum atomic E-state index is -0.188. The first-order valence-electron chi connectivity index (χ1n) is 9.45. The minimum Gasteiger partial charge on any atom is -0.493 e. The summed E-state index contributed by atoms with van der Waals surface area (Å²) in [5.41, 5.74) is 3.60. The Morgan fingerprint density at radius 3 is 2.56 bits per heavy atom. The molecule has 0 aliphatic carbocycles. The molecule has 5 nitrogen and oxygen atoms in total. The number of hydrogen-bond donors (Lipinski definition) is 2. The van der Waals surface area contributed by atoms with E-state index < -0.39 is 0 Å². The third kappa shape index (κ3) is 5.84. The van der Waals surface area contributed by atoms with Crippen molar-refractivity contribution in [2.45, 2.75) is 40.0 Å². The Hall–Kier alpha value is -2.82. The van der Waals surface area contributed by atoms with Crippen LogP contribution in [0.25, 0.3) is 0 Å². The van der Waals surface area contributed by atoms with E-state index in [0.717, 1.165) is 23.2 Å². The number of carbonyl (C=O) groups excluding carboxylic acids is 2.